The second-order valence-electron chi connectivity index (χ2n) is 5.19. The minimum atomic E-state index is 0.0272. The van der Waals surface area contributed by atoms with Gasteiger partial charge in [0.15, 0.2) is 5.78 Å². The van der Waals surface area contributed by atoms with Crippen LogP contribution in [0, 0.1) is 5.92 Å². The van der Waals surface area contributed by atoms with Crippen LogP contribution in [-0.2, 0) is 9.53 Å². The molecule has 1 aromatic carbocycles. The first kappa shape index (κ1) is 14.1. The summed E-state index contributed by atoms with van der Waals surface area (Å²) >= 11 is 0. The number of rotatable bonds is 6. The predicted molar refractivity (Wildman–Crippen MR) is 74.6 cm³/mol. The van der Waals surface area contributed by atoms with Crippen LogP contribution >= 0.6 is 0 Å². The summed E-state index contributed by atoms with van der Waals surface area (Å²) in [6, 6.07) is 8.04. The molecule has 104 valence electrons. The molecule has 0 radical (unpaired) electrons. The predicted octanol–water partition coefficient (Wildman–Crippen LogP) is 3.18. The van der Waals surface area contributed by atoms with Crippen molar-refractivity contribution in [1.29, 1.82) is 0 Å². The number of carbonyl (C=O) groups excluding carboxylic acids is 1. The topological polar surface area (TPSA) is 35.5 Å². The zero-order valence-corrected chi connectivity index (χ0v) is 11.7. The number of hydrogen-bond donors (Lipinski definition) is 0. The third kappa shape index (κ3) is 3.80. The van der Waals surface area contributed by atoms with Crippen molar-refractivity contribution in [2.24, 2.45) is 5.92 Å². The average Bonchev–Trinajstić information content (AvgIpc) is 2.98. The zero-order chi connectivity index (χ0) is 13.7. The van der Waals surface area contributed by atoms with Gasteiger partial charge >= 0.3 is 0 Å². The monoisotopic (exact) mass is 262 g/mol. The molecule has 0 aliphatic carbocycles. The van der Waals surface area contributed by atoms with Gasteiger partial charge in [-0.2, -0.15) is 0 Å². The second-order valence-corrected chi connectivity index (χ2v) is 5.19. The van der Waals surface area contributed by atoms with Crippen LogP contribution in [0.3, 0.4) is 0 Å². The van der Waals surface area contributed by atoms with Crippen molar-refractivity contribution in [1.82, 2.24) is 0 Å². The molecule has 0 bridgehead atoms. The zero-order valence-electron chi connectivity index (χ0n) is 11.7. The maximum Gasteiger partial charge on any atom is 0.175 e. The molecule has 0 spiro atoms. The number of benzene rings is 1. The van der Waals surface area contributed by atoms with Crippen LogP contribution in [0.4, 0.5) is 0 Å². The van der Waals surface area contributed by atoms with Crippen molar-refractivity contribution >= 4 is 5.78 Å². The Kier molecular flexibility index (Phi) is 4.97. The summed E-state index contributed by atoms with van der Waals surface area (Å²) in [6.07, 6.45) is 1.95. The largest absolute Gasteiger partial charge is 0.486 e. The molecule has 1 aliphatic heterocycles. The Hall–Kier alpha value is -1.35. The van der Waals surface area contributed by atoms with Crippen LogP contribution in [0.2, 0.25) is 0 Å². The molecule has 1 aliphatic rings. The van der Waals surface area contributed by atoms with Gasteiger partial charge in [0.1, 0.15) is 12.4 Å². The van der Waals surface area contributed by atoms with Crippen molar-refractivity contribution in [2.45, 2.75) is 32.6 Å². The van der Waals surface area contributed by atoms with Crippen LogP contribution in [0.25, 0.3) is 0 Å². The Bertz CT molecular complexity index is 405. The first-order valence-corrected chi connectivity index (χ1v) is 7.04. The lowest BCUT2D eigenvalue weighted by Gasteiger charge is -2.11. The normalized spacial score (nSPS) is 20.2. The summed E-state index contributed by atoms with van der Waals surface area (Å²) in [7, 11) is 0. The summed E-state index contributed by atoms with van der Waals surface area (Å²) < 4.78 is 10.8. The molecule has 0 saturated carbocycles. The van der Waals surface area contributed by atoms with Gasteiger partial charge in [0, 0.05) is 12.5 Å². The van der Waals surface area contributed by atoms with Gasteiger partial charge in [0.25, 0.3) is 0 Å². The summed E-state index contributed by atoms with van der Waals surface area (Å²) in [6.45, 7) is 5.78. The van der Waals surface area contributed by atoms with Crippen LogP contribution in [0.5, 0.6) is 5.75 Å². The maximum atomic E-state index is 11.8. The Morgan fingerprint density at radius 2 is 2.16 bits per heavy atom. The summed E-state index contributed by atoms with van der Waals surface area (Å²) in [5.41, 5.74) is 1.31. The first-order chi connectivity index (χ1) is 9.20. The smallest absolute Gasteiger partial charge is 0.175 e. The van der Waals surface area contributed by atoms with Crippen LogP contribution < -0.4 is 4.74 Å². The molecule has 19 heavy (non-hydrogen) atoms. The van der Waals surface area contributed by atoms with Crippen molar-refractivity contribution < 1.29 is 14.3 Å². The van der Waals surface area contributed by atoms with Gasteiger partial charge in [-0.1, -0.05) is 26.0 Å². The van der Waals surface area contributed by atoms with Gasteiger partial charge in [-0.15, -0.1) is 0 Å². The lowest BCUT2D eigenvalue weighted by Crippen LogP contribution is -2.21. The number of Topliss-reactive ketones (excluding diaryl/α,β-unsaturated/α-hetero) is 1. The molecule has 2 unspecified atom stereocenters. The standard InChI is InChI=1S/C16H22O3/c1-3-12(2)13-4-6-15(7-5-13)19-11-16(17)14-8-9-18-10-14/h4-7,12,14H,3,8-11H2,1-2H3. The second kappa shape index (κ2) is 6.71. The molecule has 1 aromatic rings. The fourth-order valence-corrected chi connectivity index (χ4v) is 2.19. The highest BCUT2D eigenvalue weighted by molar-refractivity contribution is 5.82. The van der Waals surface area contributed by atoms with E-state index >= 15 is 0 Å². The van der Waals surface area contributed by atoms with Crippen molar-refractivity contribution in [3.63, 3.8) is 0 Å². The lowest BCUT2D eigenvalue weighted by molar-refractivity contribution is -0.124. The van der Waals surface area contributed by atoms with E-state index in [1.54, 1.807) is 0 Å². The first-order valence-electron chi connectivity index (χ1n) is 7.04. The van der Waals surface area contributed by atoms with Crippen LogP contribution in [0.15, 0.2) is 24.3 Å². The van der Waals surface area contributed by atoms with E-state index in [-0.39, 0.29) is 18.3 Å². The molecule has 1 fully saturated rings. The Morgan fingerprint density at radius 1 is 1.42 bits per heavy atom. The van der Waals surface area contributed by atoms with Gasteiger partial charge in [0.2, 0.25) is 0 Å². The Balaban J connectivity index is 1.84. The third-order valence-electron chi connectivity index (χ3n) is 3.83. The third-order valence-corrected chi connectivity index (χ3v) is 3.83. The van der Waals surface area contributed by atoms with E-state index in [9.17, 15) is 4.79 Å². The minimum absolute atomic E-state index is 0.0272. The highest BCUT2D eigenvalue weighted by atomic mass is 16.5. The quantitative estimate of drug-likeness (QED) is 0.790. The maximum absolute atomic E-state index is 11.8. The molecule has 0 amide bonds. The molecule has 1 saturated heterocycles. The molecule has 3 nitrogen and oxygen atoms in total. The van der Waals surface area contributed by atoms with Gasteiger partial charge in [-0.3, -0.25) is 4.79 Å². The van der Waals surface area contributed by atoms with E-state index in [0.717, 1.165) is 18.6 Å². The molecule has 0 aromatic heterocycles. The van der Waals surface area contributed by atoms with Gasteiger partial charge in [0.05, 0.1) is 6.61 Å². The Morgan fingerprint density at radius 3 is 2.74 bits per heavy atom. The Labute approximate surface area is 114 Å². The van der Waals surface area contributed by atoms with Gasteiger partial charge < -0.3 is 9.47 Å². The molecule has 2 atom stereocenters. The minimum Gasteiger partial charge on any atom is -0.486 e. The van der Waals surface area contributed by atoms with E-state index in [2.05, 4.69) is 26.0 Å². The molecule has 0 N–H and O–H groups in total. The lowest BCUT2D eigenvalue weighted by atomic mass is 9.99. The summed E-state index contributed by atoms with van der Waals surface area (Å²) in [4.78, 5) is 11.8. The fraction of sp³-hybridized carbons (Fsp3) is 0.562. The highest BCUT2D eigenvalue weighted by Crippen LogP contribution is 2.22. The summed E-state index contributed by atoms with van der Waals surface area (Å²) in [5.74, 6) is 1.49. The molecular formula is C16H22O3. The number of ether oxygens (including phenoxy) is 2. The number of hydrogen-bond acceptors (Lipinski definition) is 3. The molecule has 2 rings (SSSR count). The van der Waals surface area contributed by atoms with Crippen molar-refractivity contribution in [3.05, 3.63) is 29.8 Å². The van der Waals surface area contributed by atoms with Crippen LogP contribution in [-0.4, -0.2) is 25.6 Å². The summed E-state index contributed by atoms with van der Waals surface area (Å²) in [5, 5.41) is 0. The van der Waals surface area contributed by atoms with E-state index in [1.807, 2.05) is 12.1 Å². The fourth-order valence-electron chi connectivity index (χ4n) is 2.19. The van der Waals surface area contributed by atoms with E-state index in [0.29, 0.717) is 19.1 Å². The van der Waals surface area contributed by atoms with Gasteiger partial charge in [-0.25, -0.2) is 0 Å². The van der Waals surface area contributed by atoms with Crippen molar-refractivity contribution in [3.8, 4) is 5.75 Å². The van der Waals surface area contributed by atoms with Crippen molar-refractivity contribution in [2.75, 3.05) is 19.8 Å². The number of carbonyl (C=O) groups is 1. The average molecular weight is 262 g/mol. The van der Waals surface area contributed by atoms with E-state index in [1.165, 1.54) is 5.56 Å². The molecule has 1 heterocycles. The highest BCUT2D eigenvalue weighted by Gasteiger charge is 2.23. The van der Waals surface area contributed by atoms with E-state index < -0.39 is 0 Å². The van der Waals surface area contributed by atoms with E-state index in [4.69, 9.17) is 9.47 Å². The van der Waals surface area contributed by atoms with Gasteiger partial charge in [-0.05, 0) is 36.5 Å². The number of ketones is 1. The van der Waals surface area contributed by atoms with Crippen LogP contribution in [0.1, 0.15) is 38.2 Å². The molecule has 3 heteroatoms. The molecular weight excluding hydrogens is 240 g/mol. The SMILES string of the molecule is CCC(C)c1ccc(OCC(=O)C2CCOC2)cc1.